The van der Waals surface area contributed by atoms with Crippen molar-refractivity contribution >= 4 is 5.91 Å². The number of amides is 1. The second-order valence-corrected chi connectivity index (χ2v) is 3.19. The van der Waals surface area contributed by atoms with E-state index in [1.807, 2.05) is 0 Å². The van der Waals surface area contributed by atoms with Crippen molar-refractivity contribution in [1.82, 2.24) is 19.7 Å². The Bertz CT molecular complexity index is 302. The van der Waals surface area contributed by atoms with Gasteiger partial charge in [0.2, 0.25) is 5.91 Å². The molecule has 1 N–H and O–H groups in total. The first-order valence-electron chi connectivity index (χ1n) is 4.98. The van der Waals surface area contributed by atoms with E-state index in [0.29, 0.717) is 19.7 Å². The molecule has 90 valence electrons. The van der Waals surface area contributed by atoms with E-state index in [9.17, 15) is 4.79 Å². The van der Waals surface area contributed by atoms with Crippen molar-refractivity contribution in [2.45, 2.75) is 6.54 Å². The summed E-state index contributed by atoms with van der Waals surface area (Å²) in [7, 11) is 1.57. The Balaban J connectivity index is 2.46. The molecule has 0 atom stereocenters. The van der Waals surface area contributed by atoms with E-state index in [4.69, 9.17) is 9.84 Å². The molecule has 7 nitrogen and oxygen atoms in total. The van der Waals surface area contributed by atoms with Gasteiger partial charge in [0.05, 0.1) is 13.2 Å². The van der Waals surface area contributed by atoms with E-state index >= 15 is 0 Å². The third kappa shape index (κ3) is 3.95. The van der Waals surface area contributed by atoms with Gasteiger partial charge in [-0.1, -0.05) is 0 Å². The number of aromatic nitrogens is 3. The molecule has 0 aliphatic heterocycles. The molecule has 0 aliphatic rings. The van der Waals surface area contributed by atoms with Gasteiger partial charge in [-0.15, -0.1) is 0 Å². The second kappa shape index (κ2) is 6.91. The SMILES string of the molecule is COCCN(CCO)C(=O)Cn1cncn1. The summed E-state index contributed by atoms with van der Waals surface area (Å²) in [6.07, 6.45) is 2.85. The Morgan fingerprint density at radius 3 is 2.94 bits per heavy atom. The standard InChI is InChI=1S/C9H16N4O3/c1-16-5-3-12(2-4-14)9(15)6-13-8-10-7-11-13/h7-8,14H,2-6H2,1H3. The number of nitrogens with zero attached hydrogens (tertiary/aromatic N) is 4. The van der Waals surface area contributed by atoms with Crippen molar-refractivity contribution in [2.24, 2.45) is 0 Å². The molecule has 1 aromatic rings. The van der Waals surface area contributed by atoms with Crippen LogP contribution in [0.3, 0.4) is 0 Å². The van der Waals surface area contributed by atoms with Gasteiger partial charge in [-0.3, -0.25) is 4.79 Å². The number of rotatable bonds is 7. The highest BCUT2D eigenvalue weighted by Crippen LogP contribution is 1.93. The summed E-state index contributed by atoms with van der Waals surface area (Å²) in [4.78, 5) is 17.1. The number of carbonyl (C=O) groups is 1. The van der Waals surface area contributed by atoms with Crippen LogP contribution in [0.1, 0.15) is 0 Å². The van der Waals surface area contributed by atoms with Crippen LogP contribution in [0.5, 0.6) is 0 Å². The van der Waals surface area contributed by atoms with Gasteiger partial charge in [-0.2, -0.15) is 5.10 Å². The van der Waals surface area contributed by atoms with Crippen LogP contribution in [-0.4, -0.2) is 64.1 Å². The van der Waals surface area contributed by atoms with Crippen LogP contribution in [0.15, 0.2) is 12.7 Å². The van der Waals surface area contributed by atoms with E-state index < -0.39 is 0 Å². The van der Waals surface area contributed by atoms with Gasteiger partial charge in [-0.25, -0.2) is 9.67 Å². The molecule has 0 fully saturated rings. The van der Waals surface area contributed by atoms with Gasteiger partial charge in [0.25, 0.3) is 0 Å². The fraction of sp³-hybridized carbons (Fsp3) is 0.667. The van der Waals surface area contributed by atoms with Crippen molar-refractivity contribution in [1.29, 1.82) is 0 Å². The average Bonchev–Trinajstić information content (AvgIpc) is 2.76. The smallest absolute Gasteiger partial charge is 0.244 e. The van der Waals surface area contributed by atoms with Crippen LogP contribution >= 0.6 is 0 Å². The minimum Gasteiger partial charge on any atom is -0.395 e. The van der Waals surface area contributed by atoms with Gasteiger partial charge >= 0.3 is 0 Å². The number of hydrogen-bond acceptors (Lipinski definition) is 5. The van der Waals surface area contributed by atoms with Gasteiger partial charge in [0.1, 0.15) is 19.2 Å². The predicted molar refractivity (Wildman–Crippen MR) is 55.6 cm³/mol. The Kier molecular flexibility index (Phi) is 5.44. The third-order valence-corrected chi connectivity index (χ3v) is 2.05. The quantitative estimate of drug-likeness (QED) is 0.630. The molecule has 0 spiro atoms. The van der Waals surface area contributed by atoms with Gasteiger partial charge in [0, 0.05) is 20.2 Å². The zero-order valence-electron chi connectivity index (χ0n) is 9.24. The van der Waals surface area contributed by atoms with E-state index in [2.05, 4.69) is 10.1 Å². The third-order valence-electron chi connectivity index (χ3n) is 2.05. The lowest BCUT2D eigenvalue weighted by Gasteiger charge is -2.21. The lowest BCUT2D eigenvalue weighted by atomic mass is 10.4. The topological polar surface area (TPSA) is 80.5 Å². The van der Waals surface area contributed by atoms with Gasteiger partial charge < -0.3 is 14.7 Å². The van der Waals surface area contributed by atoms with E-state index in [-0.39, 0.29) is 19.1 Å². The minimum atomic E-state index is -0.114. The van der Waals surface area contributed by atoms with Crippen LogP contribution in [0, 0.1) is 0 Å². The zero-order chi connectivity index (χ0) is 11.8. The molecular formula is C9H16N4O3. The molecule has 1 aromatic heterocycles. The predicted octanol–water partition coefficient (Wildman–Crippen LogP) is -1.25. The highest BCUT2D eigenvalue weighted by Gasteiger charge is 2.13. The van der Waals surface area contributed by atoms with E-state index in [0.717, 1.165) is 0 Å². The lowest BCUT2D eigenvalue weighted by molar-refractivity contribution is -0.133. The number of hydrogen-bond donors (Lipinski definition) is 1. The van der Waals surface area contributed by atoms with Gasteiger partial charge in [0.15, 0.2) is 0 Å². The molecule has 0 saturated heterocycles. The highest BCUT2D eigenvalue weighted by atomic mass is 16.5. The Labute approximate surface area is 93.6 Å². The van der Waals surface area contributed by atoms with Crippen LogP contribution in [-0.2, 0) is 16.1 Å². The molecule has 0 unspecified atom stereocenters. The Hall–Kier alpha value is -1.47. The van der Waals surface area contributed by atoms with Crippen LogP contribution in [0.2, 0.25) is 0 Å². The van der Waals surface area contributed by atoms with Crippen molar-refractivity contribution in [3.63, 3.8) is 0 Å². The Morgan fingerprint density at radius 1 is 1.56 bits per heavy atom. The van der Waals surface area contributed by atoms with Crippen molar-refractivity contribution < 1.29 is 14.6 Å². The fourth-order valence-corrected chi connectivity index (χ4v) is 1.24. The maximum absolute atomic E-state index is 11.8. The minimum absolute atomic E-state index is 0.0627. The zero-order valence-corrected chi connectivity index (χ0v) is 9.24. The summed E-state index contributed by atoms with van der Waals surface area (Å²) in [5.74, 6) is -0.114. The first-order valence-corrected chi connectivity index (χ1v) is 4.98. The molecule has 7 heteroatoms. The first-order chi connectivity index (χ1) is 7.77. The van der Waals surface area contributed by atoms with Gasteiger partial charge in [-0.05, 0) is 0 Å². The molecular weight excluding hydrogens is 212 g/mol. The molecule has 16 heavy (non-hydrogen) atoms. The first kappa shape index (κ1) is 12.6. The summed E-state index contributed by atoms with van der Waals surface area (Å²) in [6.45, 7) is 1.28. The summed E-state index contributed by atoms with van der Waals surface area (Å²) in [5.41, 5.74) is 0. The number of ether oxygens (including phenoxy) is 1. The van der Waals surface area contributed by atoms with Crippen molar-refractivity contribution in [3.05, 3.63) is 12.7 Å². The number of aliphatic hydroxyl groups is 1. The second-order valence-electron chi connectivity index (χ2n) is 3.19. The molecule has 0 aliphatic carbocycles. The normalized spacial score (nSPS) is 10.4. The van der Waals surface area contributed by atoms with Crippen molar-refractivity contribution in [2.75, 3.05) is 33.4 Å². The monoisotopic (exact) mass is 228 g/mol. The molecule has 0 radical (unpaired) electrons. The maximum Gasteiger partial charge on any atom is 0.244 e. The highest BCUT2D eigenvalue weighted by molar-refractivity contribution is 5.75. The lowest BCUT2D eigenvalue weighted by Crippen LogP contribution is -2.38. The molecule has 0 saturated carbocycles. The number of methoxy groups -OCH3 is 1. The van der Waals surface area contributed by atoms with E-state index in [1.165, 1.54) is 22.2 Å². The molecule has 1 amide bonds. The van der Waals surface area contributed by atoms with Crippen LogP contribution in [0.4, 0.5) is 0 Å². The summed E-state index contributed by atoms with van der Waals surface area (Å²) >= 11 is 0. The molecule has 1 rings (SSSR count). The number of aliphatic hydroxyl groups excluding tert-OH is 1. The van der Waals surface area contributed by atoms with Crippen LogP contribution < -0.4 is 0 Å². The molecule has 1 heterocycles. The average molecular weight is 228 g/mol. The fourth-order valence-electron chi connectivity index (χ4n) is 1.24. The molecule has 0 aromatic carbocycles. The van der Waals surface area contributed by atoms with Crippen LogP contribution in [0.25, 0.3) is 0 Å². The maximum atomic E-state index is 11.8. The van der Waals surface area contributed by atoms with Crippen molar-refractivity contribution in [3.8, 4) is 0 Å². The summed E-state index contributed by atoms with van der Waals surface area (Å²) < 4.78 is 6.34. The summed E-state index contributed by atoms with van der Waals surface area (Å²) in [6, 6.07) is 0. The largest absolute Gasteiger partial charge is 0.395 e. The number of carbonyl (C=O) groups excluding carboxylic acids is 1. The Morgan fingerprint density at radius 2 is 2.38 bits per heavy atom. The molecule has 0 bridgehead atoms. The van der Waals surface area contributed by atoms with E-state index in [1.54, 1.807) is 7.11 Å². The summed E-state index contributed by atoms with van der Waals surface area (Å²) in [5, 5.41) is 12.7.